The molecule has 0 aliphatic rings. The van der Waals surface area contributed by atoms with Crippen molar-refractivity contribution in [2.45, 2.75) is 0 Å². The zero-order chi connectivity index (χ0) is 12.7. The van der Waals surface area contributed by atoms with E-state index >= 15 is 0 Å². The Hall–Kier alpha value is -0.991. The summed E-state index contributed by atoms with van der Waals surface area (Å²) in [5.41, 5.74) is 0.681. The molecule has 0 fully saturated rings. The van der Waals surface area contributed by atoms with Crippen LogP contribution in [0, 0.1) is 0 Å². The Morgan fingerprint density at radius 1 is 1.06 bits per heavy atom. The van der Waals surface area contributed by atoms with Gasteiger partial charge in [0.05, 0.1) is 0 Å². The first-order valence-corrected chi connectivity index (χ1v) is 7.61. The van der Waals surface area contributed by atoms with E-state index in [9.17, 15) is 4.79 Å². The molecular formula is C13H7Cl2NOSe. The third kappa shape index (κ3) is 1.94. The average Bonchev–Trinajstić information content (AvgIpc) is 2.71. The van der Waals surface area contributed by atoms with Crippen molar-refractivity contribution >= 4 is 47.6 Å². The zero-order valence-electron chi connectivity index (χ0n) is 9.06. The first kappa shape index (κ1) is 12.1. The molecule has 1 heterocycles. The topological polar surface area (TPSA) is 22.0 Å². The molecule has 0 aliphatic carbocycles. The summed E-state index contributed by atoms with van der Waals surface area (Å²) in [4.78, 5) is 12.3. The van der Waals surface area contributed by atoms with Gasteiger partial charge in [0.1, 0.15) is 0 Å². The SMILES string of the molecule is O=c1c2ccccc2[se]n1-c1cc(Cl)ccc1Cl. The molecule has 0 radical (unpaired) electrons. The van der Waals surface area contributed by atoms with Crippen molar-refractivity contribution in [3.8, 4) is 5.69 Å². The van der Waals surface area contributed by atoms with Gasteiger partial charge in [-0.25, -0.2) is 0 Å². The van der Waals surface area contributed by atoms with Crippen LogP contribution in [0.25, 0.3) is 15.3 Å². The van der Waals surface area contributed by atoms with E-state index in [4.69, 9.17) is 23.2 Å². The molecule has 0 saturated carbocycles. The molecule has 0 aliphatic heterocycles. The molecule has 5 heteroatoms. The van der Waals surface area contributed by atoms with Crippen molar-refractivity contribution in [2.24, 2.45) is 0 Å². The molecule has 0 N–H and O–H groups in total. The number of halogens is 2. The normalized spacial score (nSPS) is 11.0. The summed E-state index contributed by atoms with van der Waals surface area (Å²) in [6.07, 6.45) is 0. The molecule has 0 amide bonds. The number of fused-ring (bicyclic) bond motifs is 1. The fraction of sp³-hybridized carbons (Fsp3) is 0. The van der Waals surface area contributed by atoms with E-state index in [-0.39, 0.29) is 20.3 Å². The molecule has 2 nitrogen and oxygen atoms in total. The molecule has 3 aromatic rings. The van der Waals surface area contributed by atoms with Crippen molar-refractivity contribution in [3.05, 3.63) is 62.9 Å². The van der Waals surface area contributed by atoms with E-state index in [0.717, 1.165) is 9.65 Å². The summed E-state index contributed by atoms with van der Waals surface area (Å²) in [6.45, 7) is 0. The first-order valence-electron chi connectivity index (χ1n) is 5.23. The van der Waals surface area contributed by atoms with E-state index in [0.29, 0.717) is 15.7 Å². The van der Waals surface area contributed by atoms with E-state index in [1.807, 2.05) is 24.3 Å². The Balaban J connectivity index is 2.35. The van der Waals surface area contributed by atoms with E-state index in [1.165, 1.54) is 0 Å². The van der Waals surface area contributed by atoms with Crippen LogP contribution in [0.3, 0.4) is 0 Å². The number of nitrogens with zero attached hydrogens (tertiary/aromatic N) is 1. The van der Waals surface area contributed by atoms with Gasteiger partial charge < -0.3 is 0 Å². The van der Waals surface area contributed by atoms with Gasteiger partial charge >= 0.3 is 120 Å². The Labute approximate surface area is 119 Å². The predicted octanol–water partition coefficient (Wildman–Crippen LogP) is 3.35. The fourth-order valence-corrected chi connectivity index (χ4v) is 4.40. The van der Waals surface area contributed by atoms with Gasteiger partial charge in [-0.1, -0.05) is 0 Å². The minimum absolute atomic E-state index is 0.00485. The number of aromatic nitrogens is 1. The molecule has 1 aromatic heterocycles. The predicted molar refractivity (Wildman–Crippen MR) is 76.5 cm³/mol. The fourth-order valence-electron chi connectivity index (χ4n) is 1.77. The summed E-state index contributed by atoms with van der Waals surface area (Å²) in [6, 6.07) is 12.8. The molecule has 0 saturated heterocycles. The Morgan fingerprint density at radius 2 is 1.83 bits per heavy atom. The molecule has 18 heavy (non-hydrogen) atoms. The first-order chi connectivity index (χ1) is 8.66. The van der Waals surface area contributed by atoms with Gasteiger partial charge in [0, 0.05) is 0 Å². The van der Waals surface area contributed by atoms with Gasteiger partial charge in [0.25, 0.3) is 0 Å². The molecule has 0 atom stereocenters. The third-order valence-corrected chi connectivity index (χ3v) is 5.48. The van der Waals surface area contributed by atoms with Crippen LogP contribution in [-0.4, -0.2) is 18.3 Å². The third-order valence-electron chi connectivity index (χ3n) is 2.62. The molecule has 90 valence electrons. The Morgan fingerprint density at radius 3 is 2.61 bits per heavy atom. The van der Waals surface area contributed by atoms with Gasteiger partial charge in [-0.3, -0.25) is 0 Å². The van der Waals surface area contributed by atoms with Crippen LogP contribution < -0.4 is 5.56 Å². The van der Waals surface area contributed by atoms with Gasteiger partial charge in [-0.2, -0.15) is 0 Å². The van der Waals surface area contributed by atoms with Crippen LogP contribution in [0.5, 0.6) is 0 Å². The van der Waals surface area contributed by atoms with Crippen LogP contribution in [0.1, 0.15) is 0 Å². The molecule has 3 rings (SSSR count). The van der Waals surface area contributed by atoms with Crippen molar-refractivity contribution < 1.29 is 0 Å². The number of hydrogen-bond acceptors (Lipinski definition) is 1. The van der Waals surface area contributed by atoms with E-state index in [1.54, 1.807) is 21.8 Å². The maximum atomic E-state index is 12.3. The van der Waals surface area contributed by atoms with Crippen LogP contribution in [0.2, 0.25) is 10.0 Å². The molecule has 0 bridgehead atoms. The molecule has 0 spiro atoms. The number of benzene rings is 2. The number of rotatable bonds is 1. The average molecular weight is 343 g/mol. The standard InChI is InChI=1S/C13H7Cl2NOSe/c14-8-5-6-10(15)11(7-8)16-13(17)9-3-1-2-4-12(9)18-16/h1-7H. The maximum absolute atomic E-state index is 12.3. The second-order valence-corrected chi connectivity index (χ2v) is 6.70. The Bertz CT molecular complexity index is 791. The van der Waals surface area contributed by atoms with Gasteiger partial charge in [-0.15, -0.1) is 0 Å². The monoisotopic (exact) mass is 343 g/mol. The summed E-state index contributed by atoms with van der Waals surface area (Å²) in [5.74, 6) is 0. The van der Waals surface area contributed by atoms with Gasteiger partial charge in [-0.05, 0) is 0 Å². The van der Waals surface area contributed by atoms with Crippen molar-refractivity contribution in [2.75, 3.05) is 0 Å². The minimum atomic E-state index is -0.0814. The van der Waals surface area contributed by atoms with Crippen molar-refractivity contribution in [1.82, 2.24) is 3.56 Å². The second-order valence-electron chi connectivity index (χ2n) is 3.78. The van der Waals surface area contributed by atoms with Gasteiger partial charge in [0.15, 0.2) is 0 Å². The summed E-state index contributed by atoms with van der Waals surface area (Å²) in [5, 5.41) is 1.88. The van der Waals surface area contributed by atoms with E-state index in [2.05, 4.69) is 0 Å². The van der Waals surface area contributed by atoms with E-state index < -0.39 is 0 Å². The molecule has 0 unspecified atom stereocenters. The van der Waals surface area contributed by atoms with Crippen molar-refractivity contribution in [3.63, 3.8) is 0 Å². The van der Waals surface area contributed by atoms with Crippen LogP contribution in [-0.2, 0) is 0 Å². The van der Waals surface area contributed by atoms with Crippen LogP contribution in [0.15, 0.2) is 47.3 Å². The van der Waals surface area contributed by atoms with Crippen LogP contribution >= 0.6 is 23.2 Å². The van der Waals surface area contributed by atoms with Crippen molar-refractivity contribution in [1.29, 1.82) is 0 Å². The molecular weight excluding hydrogens is 336 g/mol. The Kier molecular flexibility index (Phi) is 3.08. The second kappa shape index (κ2) is 4.60. The number of hydrogen-bond donors (Lipinski definition) is 0. The van der Waals surface area contributed by atoms with Gasteiger partial charge in [0.2, 0.25) is 0 Å². The molecule has 2 aromatic carbocycles. The summed E-state index contributed by atoms with van der Waals surface area (Å²) >= 11 is 12.0. The zero-order valence-corrected chi connectivity index (χ0v) is 12.3. The quantitative estimate of drug-likeness (QED) is 0.621. The summed E-state index contributed by atoms with van der Waals surface area (Å²) < 4.78 is 2.79. The summed E-state index contributed by atoms with van der Waals surface area (Å²) in [7, 11) is 0. The van der Waals surface area contributed by atoms with Crippen LogP contribution in [0.4, 0.5) is 0 Å².